The number of nitrogens with one attached hydrogen (secondary N) is 1. The summed E-state index contributed by atoms with van der Waals surface area (Å²) in [5.41, 5.74) is 1.59. The van der Waals surface area contributed by atoms with E-state index in [-0.39, 0.29) is 0 Å². The summed E-state index contributed by atoms with van der Waals surface area (Å²) in [5, 5.41) is 4.71. The molecule has 0 bridgehead atoms. The summed E-state index contributed by atoms with van der Waals surface area (Å²) in [5.74, 6) is 1.76. The maximum Gasteiger partial charge on any atom is 0.120 e. The number of hydrogen-bond acceptors (Lipinski definition) is 3. The Hall–Kier alpha value is -1.06. The lowest BCUT2D eigenvalue weighted by Crippen LogP contribution is -2.04. The molecule has 1 heterocycles. The van der Waals surface area contributed by atoms with Crippen molar-refractivity contribution in [3.8, 4) is 5.75 Å². The highest BCUT2D eigenvalue weighted by atomic mass is 32.1. The molecule has 0 atom stereocenters. The van der Waals surface area contributed by atoms with Crippen LogP contribution in [0.25, 0.3) is 10.1 Å². The summed E-state index contributed by atoms with van der Waals surface area (Å²) in [7, 11) is 3.74. The molecule has 2 nitrogen and oxygen atoms in total. The van der Waals surface area contributed by atoms with E-state index in [2.05, 4.69) is 23.5 Å². The zero-order chi connectivity index (χ0) is 11.8. The van der Waals surface area contributed by atoms with Gasteiger partial charge in [0.1, 0.15) is 5.75 Å². The fourth-order valence-electron chi connectivity index (χ4n) is 2.39. The molecule has 3 rings (SSSR count). The van der Waals surface area contributed by atoms with E-state index in [1.165, 1.54) is 27.8 Å². The third kappa shape index (κ3) is 1.94. The summed E-state index contributed by atoms with van der Waals surface area (Å²) in [6.45, 7) is 0.980. The Morgan fingerprint density at radius 1 is 1.41 bits per heavy atom. The van der Waals surface area contributed by atoms with Crippen LogP contribution in [0.4, 0.5) is 0 Å². The quantitative estimate of drug-likeness (QED) is 0.892. The average molecular weight is 247 g/mol. The van der Waals surface area contributed by atoms with Gasteiger partial charge in [-0.3, -0.25) is 0 Å². The molecule has 3 heteroatoms. The minimum Gasteiger partial charge on any atom is -0.497 e. The van der Waals surface area contributed by atoms with Crippen LogP contribution in [-0.4, -0.2) is 14.2 Å². The number of thiophene rings is 1. The molecule has 1 N–H and O–H groups in total. The van der Waals surface area contributed by atoms with E-state index in [9.17, 15) is 0 Å². The number of ether oxygens (including phenoxy) is 1. The van der Waals surface area contributed by atoms with E-state index in [0.717, 1.165) is 18.2 Å². The third-order valence-corrected chi connectivity index (χ3v) is 4.50. The van der Waals surface area contributed by atoms with E-state index in [4.69, 9.17) is 4.74 Å². The first kappa shape index (κ1) is 11.1. The van der Waals surface area contributed by atoms with Crippen molar-refractivity contribution in [1.29, 1.82) is 0 Å². The second-order valence-corrected chi connectivity index (χ2v) is 5.74. The van der Waals surface area contributed by atoms with Crippen molar-refractivity contribution in [1.82, 2.24) is 5.32 Å². The molecule has 1 aliphatic carbocycles. The molecule has 1 aliphatic rings. The van der Waals surface area contributed by atoms with Crippen LogP contribution in [0.15, 0.2) is 18.2 Å². The summed E-state index contributed by atoms with van der Waals surface area (Å²) in [6.07, 6.45) is 2.71. The maximum absolute atomic E-state index is 5.30. The minimum atomic E-state index is 0.806. The number of benzene rings is 1. The van der Waals surface area contributed by atoms with Gasteiger partial charge in [0.15, 0.2) is 0 Å². The van der Waals surface area contributed by atoms with Crippen molar-refractivity contribution in [3.63, 3.8) is 0 Å². The molecule has 2 aromatic rings. The number of rotatable bonds is 4. The second kappa shape index (κ2) is 4.31. The van der Waals surface area contributed by atoms with Gasteiger partial charge in [-0.2, -0.15) is 0 Å². The first-order valence-electron chi connectivity index (χ1n) is 6.07. The van der Waals surface area contributed by atoms with Gasteiger partial charge < -0.3 is 10.1 Å². The molecule has 90 valence electrons. The van der Waals surface area contributed by atoms with Gasteiger partial charge in [-0.1, -0.05) is 0 Å². The van der Waals surface area contributed by atoms with Crippen LogP contribution in [-0.2, 0) is 6.54 Å². The standard InChI is InChI=1S/C14H17NOS/c1-15-8-13-14(9-3-4-9)11-6-5-10(16-2)7-12(11)17-13/h5-7,9,15H,3-4,8H2,1-2H3. The molecule has 0 saturated heterocycles. The number of methoxy groups -OCH3 is 1. The first-order chi connectivity index (χ1) is 8.33. The Morgan fingerprint density at radius 3 is 2.88 bits per heavy atom. The molecular formula is C14H17NOS. The van der Waals surface area contributed by atoms with Gasteiger partial charge in [0.25, 0.3) is 0 Å². The molecule has 0 amide bonds. The maximum atomic E-state index is 5.30. The Morgan fingerprint density at radius 2 is 2.24 bits per heavy atom. The third-order valence-electron chi connectivity index (χ3n) is 3.34. The lowest BCUT2D eigenvalue weighted by Gasteiger charge is -2.02. The molecule has 1 aromatic carbocycles. The van der Waals surface area contributed by atoms with E-state index in [0.29, 0.717) is 0 Å². The molecule has 0 aliphatic heterocycles. The van der Waals surface area contributed by atoms with E-state index in [1.54, 1.807) is 12.7 Å². The van der Waals surface area contributed by atoms with Crippen LogP contribution in [0, 0.1) is 0 Å². The van der Waals surface area contributed by atoms with Crippen LogP contribution in [0.1, 0.15) is 29.2 Å². The van der Waals surface area contributed by atoms with Crippen molar-refractivity contribution in [3.05, 3.63) is 28.6 Å². The lowest BCUT2D eigenvalue weighted by atomic mass is 10.1. The van der Waals surface area contributed by atoms with Crippen molar-refractivity contribution in [2.45, 2.75) is 25.3 Å². The Labute approximate surface area is 106 Å². The van der Waals surface area contributed by atoms with E-state index >= 15 is 0 Å². The molecule has 0 spiro atoms. The monoisotopic (exact) mass is 247 g/mol. The topological polar surface area (TPSA) is 21.3 Å². The highest BCUT2D eigenvalue weighted by Gasteiger charge is 2.29. The zero-order valence-electron chi connectivity index (χ0n) is 10.2. The predicted molar refractivity (Wildman–Crippen MR) is 73.1 cm³/mol. The minimum absolute atomic E-state index is 0.806. The molecule has 17 heavy (non-hydrogen) atoms. The Kier molecular flexibility index (Phi) is 2.81. The largest absolute Gasteiger partial charge is 0.497 e. The molecule has 0 radical (unpaired) electrons. The van der Waals surface area contributed by atoms with Crippen LogP contribution >= 0.6 is 11.3 Å². The first-order valence-corrected chi connectivity index (χ1v) is 6.89. The van der Waals surface area contributed by atoms with Crippen molar-refractivity contribution in [2.75, 3.05) is 14.2 Å². The number of fused-ring (bicyclic) bond motifs is 1. The van der Waals surface area contributed by atoms with Gasteiger partial charge in [-0.15, -0.1) is 11.3 Å². The van der Waals surface area contributed by atoms with E-state index < -0.39 is 0 Å². The summed E-state index contributed by atoms with van der Waals surface area (Å²) < 4.78 is 6.66. The van der Waals surface area contributed by atoms with Crippen LogP contribution < -0.4 is 10.1 Å². The second-order valence-electron chi connectivity index (χ2n) is 4.61. The van der Waals surface area contributed by atoms with Crippen LogP contribution in [0.5, 0.6) is 5.75 Å². The smallest absolute Gasteiger partial charge is 0.120 e. The van der Waals surface area contributed by atoms with Crippen LogP contribution in [0.3, 0.4) is 0 Å². The van der Waals surface area contributed by atoms with Crippen LogP contribution in [0.2, 0.25) is 0 Å². The Balaban J connectivity index is 2.15. The fourth-order valence-corrected chi connectivity index (χ4v) is 3.72. The number of hydrogen-bond donors (Lipinski definition) is 1. The highest BCUT2D eigenvalue weighted by molar-refractivity contribution is 7.19. The average Bonchev–Trinajstić information content (AvgIpc) is 3.11. The normalized spacial score (nSPS) is 15.4. The van der Waals surface area contributed by atoms with Gasteiger partial charge in [-0.25, -0.2) is 0 Å². The predicted octanol–water partition coefficient (Wildman–Crippen LogP) is 3.51. The molecule has 1 saturated carbocycles. The lowest BCUT2D eigenvalue weighted by molar-refractivity contribution is 0.415. The SMILES string of the molecule is CNCc1sc2cc(OC)ccc2c1C1CC1. The van der Waals surface area contributed by atoms with Gasteiger partial charge in [-0.05, 0) is 55.0 Å². The molecule has 0 unspecified atom stereocenters. The Bertz CT molecular complexity index is 542. The summed E-state index contributed by atoms with van der Waals surface area (Å²) >= 11 is 1.90. The van der Waals surface area contributed by atoms with Gasteiger partial charge in [0, 0.05) is 16.1 Å². The van der Waals surface area contributed by atoms with Crippen molar-refractivity contribution < 1.29 is 4.74 Å². The molecule has 1 fully saturated rings. The van der Waals surface area contributed by atoms with Gasteiger partial charge in [0.2, 0.25) is 0 Å². The fraction of sp³-hybridized carbons (Fsp3) is 0.429. The molecule has 1 aromatic heterocycles. The van der Waals surface area contributed by atoms with Crippen molar-refractivity contribution >= 4 is 21.4 Å². The van der Waals surface area contributed by atoms with Gasteiger partial charge >= 0.3 is 0 Å². The highest BCUT2D eigenvalue weighted by Crippen LogP contribution is 2.48. The summed E-state index contributed by atoms with van der Waals surface area (Å²) in [4.78, 5) is 1.50. The molecular weight excluding hydrogens is 230 g/mol. The zero-order valence-corrected chi connectivity index (χ0v) is 11.1. The summed E-state index contributed by atoms with van der Waals surface area (Å²) in [6, 6.07) is 6.45. The van der Waals surface area contributed by atoms with Crippen molar-refractivity contribution in [2.24, 2.45) is 0 Å². The van der Waals surface area contributed by atoms with Gasteiger partial charge in [0.05, 0.1) is 7.11 Å². The van der Waals surface area contributed by atoms with E-state index in [1.807, 2.05) is 18.4 Å².